The maximum Gasteiger partial charge on any atom is 0.287 e. The van der Waals surface area contributed by atoms with Gasteiger partial charge in [-0.05, 0) is 16.4 Å². The molecular weight excluding hydrogens is 278 g/mol. The van der Waals surface area contributed by atoms with Gasteiger partial charge in [-0.15, -0.1) is 11.3 Å². The van der Waals surface area contributed by atoms with Gasteiger partial charge in [-0.25, -0.2) is 4.63 Å². The lowest BCUT2D eigenvalue weighted by Gasteiger charge is -2.05. The molecule has 0 unspecified atom stereocenters. The zero-order chi connectivity index (χ0) is 12.7. The van der Waals surface area contributed by atoms with Crippen molar-refractivity contribution in [3.8, 4) is 0 Å². The third kappa shape index (κ3) is 1.75. The molecular formula is C9H6ClN5O2S. The molecule has 0 aliphatic heterocycles. The van der Waals surface area contributed by atoms with Gasteiger partial charge in [0.05, 0.1) is 11.6 Å². The second-order valence-corrected chi connectivity index (χ2v) is 4.96. The van der Waals surface area contributed by atoms with E-state index in [0.29, 0.717) is 5.02 Å². The van der Waals surface area contributed by atoms with Crippen molar-refractivity contribution in [1.29, 1.82) is 0 Å². The molecule has 18 heavy (non-hydrogen) atoms. The Bertz CT molecular complexity index is 777. The molecule has 0 atom stereocenters. The second-order valence-electron chi connectivity index (χ2n) is 3.53. The summed E-state index contributed by atoms with van der Waals surface area (Å²) in [5.74, 6) is 0.0627. The zero-order valence-electron chi connectivity index (χ0n) is 8.83. The number of nitrogens with zero attached hydrogens (tertiary/aromatic N) is 4. The minimum absolute atomic E-state index is 0.0619. The maximum absolute atomic E-state index is 12.1. The molecule has 3 rings (SSSR count). The lowest BCUT2D eigenvalue weighted by molar-refractivity contribution is 0.314. The lowest BCUT2D eigenvalue weighted by Crippen LogP contribution is -2.24. The Morgan fingerprint density at radius 3 is 3.06 bits per heavy atom. The van der Waals surface area contributed by atoms with E-state index in [1.54, 1.807) is 11.4 Å². The van der Waals surface area contributed by atoms with Crippen LogP contribution >= 0.6 is 22.9 Å². The van der Waals surface area contributed by atoms with Gasteiger partial charge in [0.15, 0.2) is 0 Å². The first-order chi connectivity index (χ1) is 8.65. The van der Waals surface area contributed by atoms with E-state index in [0.717, 1.165) is 4.88 Å². The molecule has 7 nitrogen and oxygen atoms in total. The summed E-state index contributed by atoms with van der Waals surface area (Å²) in [5.41, 5.74) is 5.50. The van der Waals surface area contributed by atoms with Gasteiger partial charge >= 0.3 is 0 Å². The normalized spacial score (nSPS) is 11.2. The first kappa shape index (κ1) is 11.2. The van der Waals surface area contributed by atoms with Crippen LogP contribution in [0.1, 0.15) is 4.88 Å². The standard InChI is InChI=1S/C9H6ClN5O2S/c10-4-1-5(18-3-4)2-15-8(16)6-7(12-9(15)11)14-17-13-6/h1,3H,2H2,(H2,11,12,14). The molecule has 9 heteroatoms. The minimum atomic E-state index is -0.386. The summed E-state index contributed by atoms with van der Waals surface area (Å²) in [5, 5.41) is 9.39. The van der Waals surface area contributed by atoms with Crippen LogP contribution in [0.3, 0.4) is 0 Å². The highest BCUT2D eigenvalue weighted by Crippen LogP contribution is 2.20. The van der Waals surface area contributed by atoms with Crippen molar-refractivity contribution in [1.82, 2.24) is 19.9 Å². The number of halogens is 1. The average Bonchev–Trinajstić information content (AvgIpc) is 2.93. The number of nitrogens with two attached hydrogens (primary N) is 1. The molecule has 0 aliphatic rings. The predicted molar refractivity (Wildman–Crippen MR) is 66.7 cm³/mol. The number of rotatable bonds is 2. The number of aromatic nitrogens is 4. The van der Waals surface area contributed by atoms with Crippen LogP contribution in [0.4, 0.5) is 5.95 Å². The number of nitrogen functional groups attached to an aromatic ring is 1. The quantitative estimate of drug-likeness (QED) is 0.756. The van der Waals surface area contributed by atoms with E-state index in [-0.39, 0.29) is 29.2 Å². The summed E-state index contributed by atoms with van der Waals surface area (Å²) >= 11 is 7.26. The van der Waals surface area contributed by atoms with Crippen molar-refractivity contribution in [2.24, 2.45) is 0 Å². The van der Waals surface area contributed by atoms with Gasteiger partial charge in [0, 0.05) is 10.3 Å². The number of anilines is 1. The van der Waals surface area contributed by atoms with Crippen LogP contribution in [-0.2, 0) is 6.54 Å². The van der Waals surface area contributed by atoms with Crippen molar-refractivity contribution in [3.63, 3.8) is 0 Å². The van der Waals surface area contributed by atoms with Crippen molar-refractivity contribution in [2.45, 2.75) is 6.54 Å². The van der Waals surface area contributed by atoms with Crippen molar-refractivity contribution < 1.29 is 4.63 Å². The van der Waals surface area contributed by atoms with Crippen molar-refractivity contribution in [2.75, 3.05) is 5.73 Å². The van der Waals surface area contributed by atoms with Crippen LogP contribution in [-0.4, -0.2) is 19.9 Å². The van der Waals surface area contributed by atoms with E-state index in [1.165, 1.54) is 15.9 Å². The fourth-order valence-electron chi connectivity index (χ4n) is 1.54. The SMILES string of the molecule is Nc1nc2nonc2c(=O)n1Cc1cc(Cl)cs1. The molecule has 0 fully saturated rings. The van der Waals surface area contributed by atoms with Gasteiger partial charge in [0.25, 0.3) is 5.56 Å². The van der Waals surface area contributed by atoms with Gasteiger partial charge in [-0.1, -0.05) is 11.6 Å². The van der Waals surface area contributed by atoms with E-state index in [1.807, 2.05) is 0 Å². The predicted octanol–water partition coefficient (Wildman–Crippen LogP) is 1.12. The highest BCUT2D eigenvalue weighted by atomic mass is 35.5. The van der Waals surface area contributed by atoms with Crippen molar-refractivity contribution >= 4 is 40.0 Å². The van der Waals surface area contributed by atoms with Crippen LogP contribution in [0, 0.1) is 0 Å². The molecule has 3 heterocycles. The topological polar surface area (TPSA) is 99.8 Å². The van der Waals surface area contributed by atoms with Gasteiger partial charge in [0.1, 0.15) is 0 Å². The third-order valence-corrected chi connectivity index (χ3v) is 3.62. The van der Waals surface area contributed by atoms with Crippen LogP contribution in [0.2, 0.25) is 5.02 Å². The molecule has 0 amide bonds. The van der Waals surface area contributed by atoms with Crippen LogP contribution in [0.15, 0.2) is 20.9 Å². The number of thiophene rings is 1. The van der Waals surface area contributed by atoms with Gasteiger partial charge in [-0.2, -0.15) is 4.98 Å². The second kappa shape index (κ2) is 4.07. The number of fused-ring (bicyclic) bond motifs is 1. The molecule has 92 valence electrons. The summed E-state index contributed by atoms with van der Waals surface area (Å²) in [4.78, 5) is 16.9. The van der Waals surface area contributed by atoms with Crippen LogP contribution in [0.25, 0.3) is 11.2 Å². The van der Waals surface area contributed by atoms with E-state index in [2.05, 4.69) is 19.9 Å². The zero-order valence-corrected chi connectivity index (χ0v) is 10.4. The molecule has 0 saturated carbocycles. The van der Waals surface area contributed by atoms with Crippen molar-refractivity contribution in [3.05, 3.63) is 31.7 Å². The summed E-state index contributed by atoms with van der Waals surface area (Å²) in [7, 11) is 0. The van der Waals surface area contributed by atoms with Gasteiger partial charge < -0.3 is 5.73 Å². The van der Waals surface area contributed by atoms with Gasteiger partial charge in [-0.3, -0.25) is 9.36 Å². The Morgan fingerprint density at radius 2 is 2.33 bits per heavy atom. The highest BCUT2D eigenvalue weighted by Gasteiger charge is 2.14. The summed E-state index contributed by atoms with van der Waals surface area (Å²) in [6.07, 6.45) is 0. The number of hydrogen-bond donors (Lipinski definition) is 1. The first-order valence-corrected chi connectivity index (χ1v) is 6.12. The Kier molecular flexibility index (Phi) is 2.53. The lowest BCUT2D eigenvalue weighted by atomic mass is 10.4. The highest BCUT2D eigenvalue weighted by molar-refractivity contribution is 7.10. The van der Waals surface area contributed by atoms with E-state index in [4.69, 9.17) is 17.3 Å². The molecule has 3 aromatic rings. The molecule has 0 aromatic carbocycles. The fraction of sp³-hybridized carbons (Fsp3) is 0.111. The molecule has 0 bridgehead atoms. The van der Waals surface area contributed by atoms with E-state index < -0.39 is 0 Å². The Hall–Kier alpha value is -1.93. The molecule has 0 aliphatic carbocycles. The van der Waals surface area contributed by atoms with Crippen LogP contribution in [0.5, 0.6) is 0 Å². The Balaban J connectivity index is 2.13. The monoisotopic (exact) mass is 283 g/mol. The molecule has 0 radical (unpaired) electrons. The summed E-state index contributed by atoms with van der Waals surface area (Å²) in [6.45, 7) is 0.290. The molecule has 0 spiro atoms. The Labute approximate surface area is 109 Å². The third-order valence-electron chi connectivity index (χ3n) is 2.35. The molecule has 2 N–H and O–H groups in total. The molecule has 0 saturated heterocycles. The Morgan fingerprint density at radius 1 is 1.50 bits per heavy atom. The van der Waals surface area contributed by atoms with E-state index in [9.17, 15) is 4.79 Å². The summed E-state index contributed by atoms with van der Waals surface area (Å²) in [6, 6.07) is 1.77. The first-order valence-electron chi connectivity index (χ1n) is 4.86. The largest absolute Gasteiger partial charge is 0.369 e. The number of hydrogen-bond acceptors (Lipinski definition) is 7. The fourth-order valence-corrected chi connectivity index (χ4v) is 2.60. The smallest absolute Gasteiger partial charge is 0.287 e. The minimum Gasteiger partial charge on any atom is -0.369 e. The van der Waals surface area contributed by atoms with Gasteiger partial charge in [0.2, 0.25) is 17.1 Å². The van der Waals surface area contributed by atoms with E-state index >= 15 is 0 Å². The maximum atomic E-state index is 12.1. The summed E-state index contributed by atoms with van der Waals surface area (Å²) < 4.78 is 5.76. The molecule has 3 aromatic heterocycles. The van der Waals surface area contributed by atoms with Crippen LogP contribution < -0.4 is 11.3 Å². The average molecular weight is 284 g/mol.